The maximum atomic E-state index is 11.1. The number of nitrogens with zero attached hydrogens (tertiary/aromatic N) is 2. The molecule has 1 atom stereocenters. The molecule has 0 saturated heterocycles. The molecule has 0 radical (unpaired) electrons. The van der Waals surface area contributed by atoms with Crippen molar-refractivity contribution >= 4 is 11.5 Å². The number of aromatic carboxylic acids is 1. The molecule has 0 bridgehead atoms. The zero-order valence-corrected chi connectivity index (χ0v) is 9.63. The van der Waals surface area contributed by atoms with Crippen LogP contribution >= 0.6 is 0 Å². The number of carboxylic acids is 1. The van der Waals surface area contributed by atoms with Gasteiger partial charge in [-0.1, -0.05) is 13.0 Å². The number of nitrogens with two attached hydrogens (primary N) is 1. The first kappa shape index (κ1) is 11.6. The predicted molar refractivity (Wildman–Crippen MR) is 64.1 cm³/mol. The minimum absolute atomic E-state index is 0.102. The molecule has 2 heterocycles. The Kier molecular flexibility index (Phi) is 3.10. The molecule has 0 saturated carbocycles. The number of hydrogen-bond donors (Lipinski definition) is 2. The average molecular weight is 233 g/mol. The normalized spacial score (nSPS) is 12.8. The largest absolute Gasteiger partial charge is 0.476 e. The van der Waals surface area contributed by atoms with Gasteiger partial charge in [0.2, 0.25) is 0 Å². The van der Waals surface area contributed by atoms with Gasteiger partial charge < -0.3 is 15.2 Å². The minimum atomic E-state index is -1.000. The third-order valence-corrected chi connectivity index (χ3v) is 2.76. The van der Waals surface area contributed by atoms with Crippen LogP contribution in [0.2, 0.25) is 0 Å². The second-order valence-electron chi connectivity index (χ2n) is 4.18. The topological polar surface area (TPSA) is 80.6 Å². The van der Waals surface area contributed by atoms with Crippen LogP contribution in [0.4, 0.5) is 0 Å². The van der Waals surface area contributed by atoms with E-state index in [0.29, 0.717) is 18.5 Å². The summed E-state index contributed by atoms with van der Waals surface area (Å²) in [6, 6.07) is 5.42. The molecule has 0 aromatic carbocycles. The van der Waals surface area contributed by atoms with Crippen LogP contribution < -0.4 is 5.73 Å². The first-order valence-corrected chi connectivity index (χ1v) is 5.52. The van der Waals surface area contributed by atoms with Gasteiger partial charge in [0.1, 0.15) is 5.82 Å². The van der Waals surface area contributed by atoms with E-state index < -0.39 is 5.97 Å². The number of fused-ring (bicyclic) bond motifs is 1. The Bertz CT molecular complexity index is 548. The number of hydrogen-bond acceptors (Lipinski definition) is 3. The van der Waals surface area contributed by atoms with Gasteiger partial charge in [-0.2, -0.15) is 0 Å². The molecular weight excluding hydrogens is 218 g/mol. The first-order chi connectivity index (χ1) is 8.13. The van der Waals surface area contributed by atoms with Crippen LogP contribution in [-0.2, 0) is 6.42 Å². The summed E-state index contributed by atoms with van der Waals surface area (Å²) in [7, 11) is 0. The van der Waals surface area contributed by atoms with E-state index in [1.165, 1.54) is 0 Å². The molecule has 5 heteroatoms. The minimum Gasteiger partial charge on any atom is -0.476 e. The number of carboxylic acid groups (broad SMARTS) is 1. The lowest BCUT2D eigenvalue weighted by Gasteiger charge is -2.06. The molecule has 0 aliphatic heterocycles. The highest BCUT2D eigenvalue weighted by molar-refractivity contribution is 5.93. The fourth-order valence-corrected chi connectivity index (χ4v) is 1.80. The van der Waals surface area contributed by atoms with Gasteiger partial charge in [0.15, 0.2) is 5.69 Å². The molecular formula is C12H15N3O2. The maximum absolute atomic E-state index is 11.1. The SMILES string of the molecule is CC(CN)Cc1nc(C(=O)O)c2ccccn12. The number of aromatic nitrogens is 2. The highest BCUT2D eigenvalue weighted by atomic mass is 16.4. The maximum Gasteiger partial charge on any atom is 0.356 e. The second-order valence-corrected chi connectivity index (χ2v) is 4.18. The van der Waals surface area contributed by atoms with E-state index in [-0.39, 0.29) is 11.6 Å². The summed E-state index contributed by atoms with van der Waals surface area (Å²) >= 11 is 0. The van der Waals surface area contributed by atoms with Crippen molar-refractivity contribution in [3.63, 3.8) is 0 Å². The van der Waals surface area contributed by atoms with Crippen molar-refractivity contribution in [3.05, 3.63) is 35.9 Å². The van der Waals surface area contributed by atoms with Crippen molar-refractivity contribution < 1.29 is 9.90 Å². The fraction of sp³-hybridized carbons (Fsp3) is 0.333. The van der Waals surface area contributed by atoms with Crippen molar-refractivity contribution in [2.45, 2.75) is 13.3 Å². The van der Waals surface area contributed by atoms with E-state index in [0.717, 1.165) is 5.82 Å². The van der Waals surface area contributed by atoms with Crippen molar-refractivity contribution in [1.29, 1.82) is 0 Å². The summed E-state index contributed by atoms with van der Waals surface area (Å²) < 4.78 is 1.82. The quantitative estimate of drug-likeness (QED) is 0.830. The van der Waals surface area contributed by atoms with Crippen molar-refractivity contribution in [2.24, 2.45) is 11.7 Å². The van der Waals surface area contributed by atoms with E-state index in [1.54, 1.807) is 12.1 Å². The Morgan fingerprint density at radius 3 is 3.00 bits per heavy atom. The van der Waals surface area contributed by atoms with E-state index in [9.17, 15) is 4.79 Å². The lowest BCUT2D eigenvalue weighted by atomic mass is 10.1. The molecule has 2 rings (SSSR count). The summed E-state index contributed by atoms with van der Waals surface area (Å²) in [5, 5.41) is 9.09. The summed E-state index contributed by atoms with van der Waals surface area (Å²) in [5.74, 6) is 0.0266. The molecule has 1 unspecified atom stereocenters. The zero-order valence-electron chi connectivity index (χ0n) is 9.63. The number of imidazole rings is 1. The average Bonchev–Trinajstić information content (AvgIpc) is 2.68. The molecule has 5 nitrogen and oxygen atoms in total. The van der Waals surface area contributed by atoms with E-state index >= 15 is 0 Å². The molecule has 90 valence electrons. The monoisotopic (exact) mass is 233 g/mol. The Hall–Kier alpha value is -1.88. The molecule has 2 aromatic rings. The second kappa shape index (κ2) is 4.55. The molecule has 0 aliphatic carbocycles. The van der Waals surface area contributed by atoms with Crippen molar-refractivity contribution in [3.8, 4) is 0 Å². The standard InChI is InChI=1S/C12H15N3O2/c1-8(7-13)6-10-14-11(12(16)17)9-4-2-3-5-15(9)10/h2-5,8H,6-7,13H2,1H3,(H,16,17). The molecule has 0 fully saturated rings. The Morgan fingerprint density at radius 1 is 1.59 bits per heavy atom. The predicted octanol–water partition coefficient (Wildman–Crippen LogP) is 1.17. The van der Waals surface area contributed by atoms with Gasteiger partial charge in [0.25, 0.3) is 0 Å². The number of carbonyl (C=O) groups is 1. The van der Waals surface area contributed by atoms with Gasteiger partial charge in [-0.15, -0.1) is 0 Å². The van der Waals surface area contributed by atoms with Gasteiger partial charge in [-0.05, 0) is 24.6 Å². The van der Waals surface area contributed by atoms with Gasteiger partial charge >= 0.3 is 5.97 Å². The van der Waals surface area contributed by atoms with E-state index in [2.05, 4.69) is 4.98 Å². The molecule has 0 spiro atoms. The third kappa shape index (κ3) is 2.14. The Morgan fingerprint density at radius 2 is 2.35 bits per heavy atom. The van der Waals surface area contributed by atoms with Crippen LogP contribution in [0, 0.1) is 5.92 Å². The van der Waals surface area contributed by atoms with Gasteiger partial charge in [0.05, 0.1) is 5.52 Å². The van der Waals surface area contributed by atoms with Crippen LogP contribution in [-0.4, -0.2) is 27.0 Å². The smallest absolute Gasteiger partial charge is 0.356 e. The number of pyridine rings is 1. The fourth-order valence-electron chi connectivity index (χ4n) is 1.80. The molecule has 3 N–H and O–H groups in total. The highest BCUT2D eigenvalue weighted by Gasteiger charge is 2.17. The van der Waals surface area contributed by atoms with Crippen molar-refractivity contribution in [1.82, 2.24) is 9.38 Å². The Balaban J connectivity index is 2.52. The lowest BCUT2D eigenvalue weighted by Crippen LogP contribution is -2.14. The molecule has 17 heavy (non-hydrogen) atoms. The lowest BCUT2D eigenvalue weighted by molar-refractivity contribution is 0.0693. The summed E-state index contributed by atoms with van der Waals surface area (Å²) in [5.41, 5.74) is 6.30. The van der Waals surface area contributed by atoms with Crippen LogP contribution in [0.1, 0.15) is 23.2 Å². The molecule has 0 aliphatic rings. The van der Waals surface area contributed by atoms with Gasteiger partial charge in [-0.3, -0.25) is 0 Å². The summed E-state index contributed by atoms with van der Waals surface area (Å²) in [6.45, 7) is 2.58. The van der Waals surface area contributed by atoms with Crippen LogP contribution in [0.5, 0.6) is 0 Å². The Labute approximate surface area is 98.9 Å². The van der Waals surface area contributed by atoms with E-state index in [4.69, 9.17) is 10.8 Å². The summed E-state index contributed by atoms with van der Waals surface area (Å²) in [4.78, 5) is 15.3. The number of rotatable bonds is 4. The third-order valence-electron chi connectivity index (χ3n) is 2.76. The van der Waals surface area contributed by atoms with Gasteiger partial charge in [0, 0.05) is 12.6 Å². The van der Waals surface area contributed by atoms with Gasteiger partial charge in [-0.25, -0.2) is 9.78 Å². The first-order valence-electron chi connectivity index (χ1n) is 5.52. The van der Waals surface area contributed by atoms with Crippen LogP contribution in [0.3, 0.4) is 0 Å². The van der Waals surface area contributed by atoms with E-state index in [1.807, 2.05) is 23.6 Å². The molecule has 2 aromatic heterocycles. The van der Waals surface area contributed by atoms with Crippen LogP contribution in [0.25, 0.3) is 5.52 Å². The zero-order chi connectivity index (χ0) is 12.4. The van der Waals surface area contributed by atoms with Crippen LogP contribution in [0.15, 0.2) is 24.4 Å². The summed E-state index contributed by atoms with van der Waals surface area (Å²) in [6.07, 6.45) is 2.50. The highest BCUT2D eigenvalue weighted by Crippen LogP contribution is 2.15. The molecule has 0 amide bonds. The van der Waals surface area contributed by atoms with Crippen molar-refractivity contribution in [2.75, 3.05) is 6.54 Å².